The molecule has 8 heteroatoms. The lowest BCUT2D eigenvalue weighted by molar-refractivity contribution is 0.171. The van der Waals surface area contributed by atoms with Gasteiger partial charge in [-0.2, -0.15) is 0 Å². The number of hydrogen-bond donors (Lipinski definition) is 2. The molecule has 2 N–H and O–H groups in total. The molecule has 3 aromatic rings. The van der Waals surface area contributed by atoms with E-state index in [-0.39, 0.29) is 6.04 Å². The Kier molecular flexibility index (Phi) is 7.79. The van der Waals surface area contributed by atoms with Crippen LogP contribution < -0.4 is 20.1 Å². The number of hydrogen-bond acceptors (Lipinski definition) is 5. The third-order valence-corrected chi connectivity index (χ3v) is 5.59. The number of ether oxygens (including phenoxy) is 2. The number of benzene rings is 2. The maximum Gasteiger partial charge on any atom is 0.191 e. The van der Waals surface area contributed by atoms with Gasteiger partial charge in [-0.3, -0.25) is 4.99 Å². The standard InChI is InChI=1S/C25H32N6O2/c1-3-24-30-28-18-31(24)14-13-27-25(29-19(2)21-7-5-4-6-8-21)26-12-11-20-9-10-22-23(17-20)33-16-15-32-22/h4-10,17-19H,3,11-16H2,1-2H3,(H2,26,27,29). The molecule has 2 aromatic carbocycles. The Morgan fingerprint density at radius 1 is 1.12 bits per heavy atom. The first kappa shape index (κ1) is 22.6. The first-order chi connectivity index (χ1) is 16.2. The second kappa shape index (κ2) is 11.4. The summed E-state index contributed by atoms with van der Waals surface area (Å²) in [4.78, 5) is 4.84. The first-order valence-electron chi connectivity index (χ1n) is 11.6. The zero-order chi connectivity index (χ0) is 22.9. The first-order valence-corrected chi connectivity index (χ1v) is 11.6. The number of aromatic nitrogens is 3. The predicted molar refractivity (Wildman–Crippen MR) is 129 cm³/mol. The minimum Gasteiger partial charge on any atom is -0.486 e. The molecule has 0 saturated carbocycles. The average molecular weight is 449 g/mol. The molecule has 0 spiro atoms. The fourth-order valence-electron chi connectivity index (χ4n) is 3.76. The smallest absolute Gasteiger partial charge is 0.191 e. The molecule has 0 amide bonds. The van der Waals surface area contributed by atoms with Crippen LogP contribution in [0.5, 0.6) is 11.5 Å². The lowest BCUT2D eigenvalue weighted by Gasteiger charge is -2.20. The van der Waals surface area contributed by atoms with Gasteiger partial charge >= 0.3 is 0 Å². The van der Waals surface area contributed by atoms with E-state index in [0.29, 0.717) is 19.8 Å². The summed E-state index contributed by atoms with van der Waals surface area (Å²) in [5.41, 5.74) is 2.39. The zero-order valence-corrected chi connectivity index (χ0v) is 19.3. The van der Waals surface area contributed by atoms with Crippen LogP contribution >= 0.6 is 0 Å². The van der Waals surface area contributed by atoms with Crippen LogP contribution in [0.3, 0.4) is 0 Å². The minimum absolute atomic E-state index is 0.132. The molecule has 2 heterocycles. The topological polar surface area (TPSA) is 85.6 Å². The molecule has 0 fully saturated rings. The number of rotatable bonds is 9. The van der Waals surface area contributed by atoms with Crippen LogP contribution in [0.25, 0.3) is 0 Å². The lowest BCUT2D eigenvalue weighted by Crippen LogP contribution is -2.40. The molecule has 1 aromatic heterocycles. The van der Waals surface area contributed by atoms with Crippen molar-refractivity contribution in [3.8, 4) is 11.5 Å². The zero-order valence-electron chi connectivity index (χ0n) is 19.3. The molecule has 1 aliphatic rings. The molecule has 0 aliphatic carbocycles. The third kappa shape index (κ3) is 6.25. The van der Waals surface area contributed by atoms with Crippen molar-refractivity contribution < 1.29 is 9.47 Å². The van der Waals surface area contributed by atoms with E-state index >= 15 is 0 Å². The van der Waals surface area contributed by atoms with E-state index in [4.69, 9.17) is 14.5 Å². The van der Waals surface area contributed by atoms with Crippen molar-refractivity contribution in [1.29, 1.82) is 0 Å². The van der Waals surface area contributed by atoms with Crippen molar-refractivity contribution in [2.75, 3.05) is 26.3 Å². The molecule has 1 unspecified atom stereocenters. The van der Waals surface area contributed by atoms with E-state index in [9.17, 15) is 0 Å². The maximum absolute atomic E-state index is 5.70. The molecule has 0 bridgehead atoms. The van der Waals surface area contributed by atoms with Gasteiger partial charge in [-0.1, -0.05) is 43.3 Å². The van der Waals surface area contributed by atoms with Gasteiger partial charge in [0.2, 0.25) is 0 Å². The van der Waals surface area contributed by atoms with Gasteiger partial charge in [-0.15, -0.1) is 10.2 Å². The summed E-state index contributed by atoms with van der Waals surface area (Å²) >= 11 is 0. The van der Waals surface area contributed by atoms with Crippen molar-refractivity contribution in [3.63, 3.8) is 0 Å². The Hall–Kier alpha value is -3.55. The number of nitrogens with one attached hydrogen (secondary N) is 2. The third-order valence-electron chi connectivity index (χ3n) is 5.59. The number of aliphatic imine (C=N–C) groups is 1. The summed E-state index contributed by atoms with van der Waals surface area (Å²) in [7, 11) is 0. The summed E-state index contributed by atoms with van der Waals surface area (Å²) < 4.78 is 13.4. The van der Waals surface area contributed by atoms with E-state index in [2.05, 4.69) is 75.6 Å². The van der Waals surface area contributed by atoms with Crippen molar-refractivity contribution in [1.82, 2.24) is 25.4 Å². The number of nitrogens with zero attached hydrogens (tertiary/aromatic N) is 4. The van der Waals surface area contributed by atoms with Crippen molar-refractivity contribution in [2.45, 2.75) is 39.3 Å². The van der Waals surface area contributed by atoms with E-state index in [1.54, 1.807) is 6.33 Å². The fourth-order valence-corrected chi connectivity index (χ4v) is 3.76. The maximum atomic E-state index is 5.70. The molecular weight excluding hydrogens is 416 g/mol. The molecule has 0 saturated heterocycles. The molecule has 4 rings (SSSR count). The SMILES string of the molecule is CCc1nncn1CCNC(=NCCc1ccc2c(c1)OCCO2)NC(C)c1ccccc1. The molecule has 8 nitrogen and oxygen atoms in total. The van der Waals surface area contributed by atoms with Crippen LogP contribution in [0, 0.1) is 0 Å². The van der Waals surface area contributed by atoms with Gasteiger partial charge in [0.25, 0.3) is 0 Å². The molecule has 33 heavy (non-hydrogen) atoms. The summed E-state index contributed by atoms with van der Waals surface area (Å²) in [5, 5.41) is 15.2. The Labute approximate surface area is 195 Å². The minimum atomic E-state index is 0.132. The van der Waals surface area contributed by atoms with E-state index in [1.165, 1.54) is 11.1 Å². The Morgan fingerprint density at radius 3 is 2.76 bits per heavy atom. The van der Waals surface area contributed by atoms with Gasteiger partial charge in [0.05, 0.1) is 6.04 Å². The van der Waals surface area contributed by atoms with Gasteiger partial charge in [0.1, 0.15) is 25.4 Å². The molecule has 0 radical (unpaired) electrons. The van der Waals surface area contributed by atoms with Crippen LogP contribution in [0.4, 0.5) is 0 Å². The van der Waals surface area contributed by atoms with Gasteiger partial charge < -0.3 is 24.7 Å². The highest BCUT2D eigenvalue weighted by atomic mass is 16.6. The van der Waals surface area contributed by atoms with Crippen molar-refractivity contribution in [2.24, 2.45) is 4.99 Å². The summed E-state index contributed by atoms with van der Waals surface area (Å²) in [6.45, 7) is 7.58. The van der Waals surface area contributed by atoms with Crippen LogP contribution in [0.1, 0.15) is 36.8 Å². The van der Waals surface area contributed by atoms with Gasteiger partial charge in [0.15, 0.2) is 17.5 Å². The number of fused-ring (bicyclic) bond motifs is 1. The monoisotopic (exact) mass is 448 g/mol. The molecule has 1 atom stereocenters. The Bertz CT molecular complexity index is 1050. The van der Waals surface area contributed by atoms with Crippen molar-refractivity contribution in [3.05, 3.63) is 71.8 Å². The Balaban J connectivity index is 1.39. The second-order valence-corrected chi connectivity index (χ2v) is 7.96. The summed E-state index contributed by atoms with van der Waals surface area (Å²) in [6.07, 6.45) is 3.45. The quantitative estimate of drug-likeness (QED) is 0.386. The normalized spacial score (nSPS) is 14.1. The molecule has 174 valence electrons. The Morgan fingerprint density at radius 2 is 1.94 bits per heavy atom. The van der Waals surface area contributed by atoms with Crippen LogP contribution in [-0.2, 0) is 19.4 Å². The van der Waals surface area contributed by atoms with Crippen molar-refractivity contribution >= 4 is 5.96 Å². The van der Waals surface area contributed by atoms with Crippen LogP contribution in [0.15, 0.2) is 59.9 Å². The highest BCUT2D eigenvalue weighted by Crippen LogP contribution is 2.30. The molecular formula is C25H32N6O2. The highest BCUT2D eigenvalue weighted by molar-refractivity contribution is 5.80. The largest absolute Gasteiger partial charge is 0.486 e. The average Bonchev–Trinajstić information content (AvgIpc) is 3.32. The number of guanidine groups is 1. The fraction of sp³-hybridized carbons (Fsp3) is 0.400. The predicted octanol–water partition coefficient (Wildman–Crippen LogP) is 3.15. The molecule has 1 aliphatic heterocycles. The van der Waals surface area contributed by atoms with Gasteiger partial charge in [-0.05, 0) is 36.6 Å². The number of aryl methyl sites for hydroxylation is 1. The van der Waals surface area contributed by atoms with Gasteiger partial charge in [-0.25, -0.2) is 0 Å². The highest BCUT2D eigenvalue weighted by Gasteiger charge is 2.12. The van der Waals surface area contributed by atoms with E-state index in [1.807, 2.05) is 12.1 Å². The summed E-state index contributed by atoms with van der Waals surface area (Å²) in [6, 6.07) is 16.6. The van der Waals surface area contributed by atoms with Crippen LogP contribution in [0.2, 0.25) is 0 Å². The van der Waals surface area contributed by atoms with E-state index in [0.717, 1.165) is 49.2 Å². The van der Waals surface area contributed by atoms with Crippen LogP contribution in [-0.4, -0.2) is 47.0 Å². The lowest BCUT2D eigenvalue weighted by atomic mass is 10.1. The summed E-state index contributed by atoms with van der Waals surface area (Å²) in [5.74, 6) is 3.40. The van der Waals surface area contributed by atoms with Gasteiger partial charge in [0, 0.05) is 26.1 Å². The second-order valence-electron chi connectivity index (χ2n) is 7.96. The van der Waals surface area contributed by atoms with E-state index < -0.39 is 0 Å².